The minimum atomic E-state index is -3.47. The molecule has 5 nitrogen and oxygen atoms in total. The molecule has 0 spiro atoms. The van der Waals surface area contributed by atoms with Crippen molar-refractivity contribution >= 4 is 16.0 Å². The number of hydrogen-bond acceptors (Lipinski definition) is 3. The summed E-state index contributed by atoms with van der Waals surface area (Å²) in [6.07, 6.45) is 0.720. The number of aryl methyl sites for hydroxylation is 1. The van der Waals surface area contributed by atoms with Crippen LogP contribution in [0.1, 0.15) is 12.6 Å². The van der Waals surface area contributed by atoms with E-state index < -0.39 is 10.2 Å². The van der Waals surface area contributed by atoms with Crippen LogP contribution in [-0.4, -0.2) is 31.8 Å². The molecule has 6 heteroatoms. The number of pyridine rings is 1. The van der Waals surface area contributed by atoms with Gasteiger partial charge in [0.2, 0.25) is 0 Å². The van der Waals surface area contributed by atoms with E-state index in [0.29, 0.717) is 5.82 Å². The molecule has 1 N–H and O–H groups in total. The van der Waals surface area contributed by atoms with E-state index in [1.165, 1.54) is 14.1 Å². The van der Waals surface area contributed by atoms with Crippen LogP contribution in [-0.2, 0) is 16.6 Å². The van der Waals surface area contributed by atoms with Crippen molar-refractivity contribution in [2.24, 2.45) is 0 Å². The average molecular weight is 228 g/mol. The summed E-state index contributed by atoms with van der Waals surface area (Å²) in [6, 6.07) is 6.14. The zero-order chi connectivity index (χ0) is 11.5. The molecule has 1 aromatic heterocycles. The summed E-state index contributed by atoms with van der Waals surface area (Å²) in [7, 11) is -0.556. The van der Waals surface area contributed by atoms with Gasteiger partial charge in [-0.15, -0.1) is 0 Å². The van der Waals surface area contributed by atoms with Crippen molar-refractivity contribution < 1.29 is 8.42 Å². The first kappa shape index (κ1) is 11.9. The lowest BCUT2D eigenvalue weighted by Gasteiger charge is -2.12. The normalized spacial score (nSPS) is 11.7. The van der Waals surface area contributed by atoms with Crippen LogP contribution in [0.4, 0.5) is 5.82 Å². The largest absolute Gasteiger partial charge is 0.302 e. The summed E-state index contributed by atoms with van der Waals surface area (Å²) < 4.78 is 26.4. The lowest BCUT2D eigenvalue weighted by atomic mass is 10.3. The lowest BCUT2D eigenvalue weighted by Crippen LogP contribution is -2.29. The fourth-order valence-corrected chi connectivity index (χ4v) is 1.45. The quantitative estimate of drug-likeness (QED) is 0.823. The van der Waals surface area contributed by atoms with Gasteiger partial charge in [-0.1, -0.05) is 6.92 Å². The molecule has 0 saturated carbocycles. The Kier molecular flexibility index (Phi) is 3.65. The molecule has 0 aliphatic heterocycles. The third-order valence-corrected chi connectivity index (χ3v) is 3.22. The van der Waals surface area contributed by atoms with Gasteiger partial charge in [0, 0.05) is 20.2 Å². The van der Waals surface area contributed by atoms with Crippen molar-refractivity contribution in [1.29, 1.82) is 0 Å². The van der Waals surface area contributed by atoms with Crippen molar-refractivity contribution in [1.82, 2.24) is 9.29 Å². The van der Waals surface area contributed by atoms with E-state index in [4.69, 9.17) is 0 Å². The van der Waals surface area contributed by atoms with Crippen LogP contribution >= 0.6 is 0 Å². The van der Waals surface area contributed by atoms with E-state index in [9.17, 15) is 8.42 Å². The molecule has 0 aliphatic carbocycles. The highest BCUT2D eigenvalue weighted by Gasteiger charge is 2.13. The van der Waals surface area contributed by atoms with Gasteiger partial charge < -0.3 is 0 Å². The zero-order valence-corrected chi connectivity index (χ0v) is 9.80. The molecule has 83 valence electrons. The molecule has 0 aromatic carbocycles. The first-order valence-electron chi connectivity index (χ1n) is 4.53. The molecule has 0 amide bonds. The number of nitrogens with zero attached hydrogens (tertiary/aromatic N) is 2. The number of rotatable bonds is 4. The van der Waals surface area contributed by atoms with E-state index in [1.54, 1.807) is 12.1 Å². The van der Waals surface area contributed by atoms with Gasteiger partial charge in [-0.05, 0) is 18.6 Å². The van der Waals surface area contributed by atoms with Crippen LogP contribution in [0, 0.1) is 6.07 Å². The number of nitrogens with one attached hydrogen (secondary N) is 1. The Morgan fingerprint density at radius 1 is 1.53 bits per heavy atom. The zero-order valence-electron chi connectivity index (χ0n) is 8.98. The molecule has 0 unspecified atom stereocenters. The summed E-state index contributed by atoms with van der Waals surface area (Å²) in [4.78, 5) is 4.09. The predicted molar refractivity (Wildman–Crippen MR) is 58.7 cm³/mol. The topological polar surface area (TPSA) is 62.3 Å². The van der Waals surface area contributed by atoms with Gasteiger partial charge in [0.15, 0.2) is 0 Å². The number of hydrogen-bond donors (Lipinski definition) is 1. The SMILES string of the molecule is CCc1[c]ccc(NS(=O)(=O)N(C)C)n1. The fourth-order valence-electron chi connectivity index (χ4n) is 0.893. The van der Waals surface area contributed by atoms with E-state index in [0.717, 1.165) is 16.4 Å². The highest BCUT2D eigenvalue weighted by molar-refractivity contribution is 7.90. The lowest BCUT2D eigenvalue weighted by molar-refractivity contribution is 0.526. The standard InChI is InChI=1S/C9H14N3O2S/c1-4-8-6-5-7-9(10-8)11-15(13,14)12(2)3/h5,7H,4H2,1-3H3,(H,10,11). The van der Waals surface area contributed by atoms with Crippen LogP contribution in [0.3, 0.4) is 0 Å². The first-order chi connectivity index (χ1) is 6.95. The second-order valence-electron chi connectivity index (χ2n) is 3.16. The van der Waals surface area contributed by atoms with Gasteiger partial charge in [0.25, 0.3) is 0 Å². The molecule has 0 bridgehead atoms. The molecule has 1 aromatic rings. The van der Waals surface area contributed by atoms with E-state index in [-0.39, 0.29) is 0 Å². The van der Waals surface area contributed by atoms with Gasteiger partial charge in [-0.3, -0.25) is 4.72 Å². The summed E-state index contributed by atoms with van der Waals surface area (Å²) in [5.74, 6) is 0.319. The maximum Gasteiger partial charge on any atom is 0.302 e. The third-order valence-electron chi connectivity index (χ3n) is 1.80. The van der Waals surface area contributed by atoms with Crippen LogP contribution in [0.2, 0.25) is 0 Å². The summed E-state index contributed by atoms with van der Waals surface area (Å²) >= 11 is 0. The molecule has 0 fully saturated rings. The van der Waals surface area contributed by atoms with Crippen LogP contribution < -0.4 is 4.72 Å². The summed E-state index contributed by atoms with van der Waals surface area (Å²) in [5, 5.41) is 0. The van der Waals surface area contributed by atoms with Gasteiger partial charge in [0.1, 0.15) is 5.82 Å². The maximum atomic E-state index is 11.5. The molecular weight excluding hydrogens is 214 g/mol. The highest BCUT2D eigenvalue weighted by Crippen LogP contribution is 2.07. The second kappa shape index (κ2) is 4.59. The Labute approximate surface area is 90.3 Å². The van der Waals surface area contributed by atoms with Crippen molar-refractivity contribution in [3.63, 3.8) is 0 Å². The van der Waals surface area contributed by atoms with Gasteiger partial charge in [-0.25, -0.2) is 4.98 Å². The fraction of sp³-hybridized carbons (Fsp3) is 0.444. The maximum absolute atomic E-state index is 11.5. The Balaban J connectivity index is 2.90. The number of aromatic nitrogens is 1. The van der Waals surface area contributed by atoms with Crippen molar-refractivity contribution in [3.8, 4) is 0 Å². The van der Waals surface area contributed by atoms with Gasteiger partial charge >= 0.3 is 10.2 Å². The minimum Gasteiger partial charge on any atom is -0.254 e. The molecule has 1 radical (unpaired) electrons. The van der Waals surface area contributed by atoms with Gasteiger partial charge in [-0.2, -0.15) is 12.7 Å². The minimum absolute atomic E-state index is 0.319. The van der Waals surface area contributed by atoms with E-state index in [1.807, 2.05) is 6.92 Å². The molecule has 0 atom stereocenters. The third kappa shape index (κ3) is 3.17. The molecule has 1 rings (SSSR count). The predicted octanol–water partition coefficient (Wildman–Crippen LogP) is 0.662. The van der Waals surface area contributed by atoms with Crippen LogP contribution in [0.25, 0.3) is 0 Å². The van der Waals surface area contributed by atoms with Gasteiger partial charge in [0.05, 0.1) is 5.69 Å². The van der Waals surface area contributed by atoms with Crippen molar-refractivity contribution in [2.75, 3.05) is 18.8 Å². The van der Waals surface area contributed by atoms with Crippen molar-refractivity contribution in [3.05, 3.63) is 23.9 Å². The smallest absolute Gasteiger partial charge is 0.254 e. The Hall–Kier alpha value is -1.14. The van der Waals surface area contributed by atoms with Crippen LogP contribution in [0.5, 0.6) is 0 Å². The van der Waals surface area contributed by atoms with E-state index >= 15 is 0 Å². The molecule has 15 heavy (non-hydrogen) atoms. The molecule has 0 aliphatic rings. The molecule has 0 saturated heterocycles. The summed E-state index contributed by atoms with van der Waals surface area (Å²) in [6.45, 7) is 1.93. The summed E-state index contributed by atoms with van der Waals surface area (Å²) in [5.41, 5.74) is 0.731. The van der Waals surface area contributed by atoms with Crippen molar-refractivity contribution in [2.45, 2.75) is 13.3 Å². The monoisotopic (exact) mass is 228 g/mol. The number of anilines is 1. The molecular formula is C9H14N3O2S. The average Bonchev–Trinajstić information content (AvgIpc) is 2.17. The first-order valence-corrected chi connectivity index (χ1v) is 5.97. The second-order valence-corrected chi connectivity index (χ2v) is 5.05. The Morgan fingerprint density at radius 2 is 2.20 bits per heavy atom. The Morgan fingerprint density at radius 3 is 2.73 bits per heavy atom. The highest BCUT2D eigenvalue weighted by atomic mass is 32.2. The van der Waals surface area contributed by atoms with Crippen LogP contribution in [0.15, 0.2) is 12.1 Å². The van der Waals surface area contributed by atoms with E-state index in [2.05, 4.69) is 15.8 Å². The Bertz CT molecular complexity index is 429. The molecule has 1 heterocycles.